The van der Waals surface area contributed by atoms with Gasteiger partial charge in [-0.3, -0.25) is 4.79 Å². The van der Waals surface area contributed by atoms with Gasteiger partial charge in [0.25, 0.3) is 0 Å². The summed E-state index contributed by atoms with van der Waals surface area (Å²) in [4.78, 5) is 22.3. The minimum atomic E-state index is -0.428. The fourth-order valence-corrected chi connectivity index (χ4v) is 1.20. The maximum absolute atomic E-state index is 11.4. The predicted octanol–water partition coefficient (Wildman–Crippen LogP) is 2.20. The number of carbonyl (C=O) groups excluding carboxylic acids is 2. The normalized spacial score (nSPS) is 11.7. The fourth-order valence-electron chi connectivity index (χ4n) is 1.08. The smallest absolute Gasteiger partial charge is 0.337 e. The van der Waals surface area contributed by atoms with Crippen molar-refractivity contribution in [2.75, 3.05) is 12.4 Å². The van der Waals surface area contributed by atoms with Crippen molar-refractivity contribution in [1.29, 1.82) is 0 Å². The molecule has 1 aromatic rings. The van der Waals surface area contributed by atoms with Gasteiger partial charge < -0.3 is 10.1 Å². The molecule has 0 bridgehead atoms. The summed E-state index contributed by atoms with van der Waals surface area (Å²) in [6.45, 7) is 1.72. The minimum Gasteiger partial charge on any atom is -0.465 e. The third-order valence-electron chi connectivity index (χ3n) is 1.91. The summed E-state index contributed by atoms with van der Waals surface area (Å²) in [5.41, 5.74) is 0.974. The molecule has 0 saturated heterocycles. The highest BCUT2D eigenvalue weighted by molar-refractivity contribution is 9.10. The average molecular weight is 286 g/mol. The van der Waals surface area contributed by atoms with Gasteiger partial charge >= 0.3 is 5.97 Å². The number of hydrogen-bond acceptors (Lipinski definition) is 3. The molecule has 0 aliphatic carbocycles. The van der Waals surface area contributed by atoms with E-state index in [0.29, 0.717) is 11.3 Å². The van der Waals surface area contributed by atoms with E-state index in [1.807, 2.05) is 0 Å². The third-order valence-corrected chi connectivity index (χ3v) is 2.33. The molecule has 0 heterocycles. The first-order valence-corrected chi connectivity index (χ1v) is 5.59. The van der Waals surface area contributed by atoms with Crippen LogP contribution in [0.1, 0.15) is 17.3 Å². The molecule has 1 N–H and O–H groups in total. The SMILES string of the molecule is COC(=O)c1cccc(NC(=O)[C@H](C)Br)c1. The van der Waals surface area contributed by atoms with Crippen molar-refractivity contribution < 1.29 is 14.3 Å². The number of halogens is 1. The van der Waals surface area contributed by atoms with Crippen LogP contribution in [0.3, 0.4) is 0 Å². The molecule has 5 heteroatoms. The first-order valence-electron chi connectivity index (χ1n) is 4.68. The first kappa shape index (κ1) is 12.7. The molecule has 1 aromatic carbocycles. The molecule has 0 unspecified atom stereocenters. The van der Waals surface area contributed by atoms with E-state index in [9.17, 15) is 9.59 Å². The zero-order chi connectivity index (χ0) is 12.1. The molecule has 1 rings (SSSR count). The molecule has 0 spiro atoms. The van der Waals surface area contributed by atoms with Crippen molar-refractivity contribution in [2.45, 2.75) is 11.8 Å². The summed E-state index contributed by atoms with van der Waals surface area (Å²) in [6.07, 6.45) is 0. The Labute approximate surface area is 102 Å². The third kappa shape index (κ3) is 3.34. The topological polar surface area (TPSA) is 55.4 Å². The number of benzene rings is 1. The van der Waals surface area contributed by atoms with Crippen LogP contribution in [0, 0.1) is 0 Å². The van der Waals surface area contributed by atoms with Crippen molar-refractivity contribution in [3.63, 3.8) is 0 Å². The summed E-state index contributed by atoms with van der Waals surface area (Å²) in [6, 6.07) is 6.58. The van der Waals surface area contributed by atoms with Gasteiger partial charge in [-0.2, -0.15) is 0 Å². The van der Waals surface area contributed by atoms with Gasteiger partial charge in [-0.15, -0.1) is 0 Å². The molecule has 1 atom stereocenters. The van der Waals surface area contributed by atoms with Crippen molar-refractivity contribution in [1.82, 2.24) is 0 Å². The highest BCUT2D eigenvalue weighted by atomic mass is 79.9. The molecular formula is C11H12BrNO3. The van der Waals surface area contributed by atoms with Crippen LogP contribution in [0.5, 0.6) is 0 Å². The van der Waals surface area contributed by atoms with E-state index in [1.165, 1.54) is 7.11 Å². The number of ether oxygens (including phenoxy) is 1. The Kier molecular flexibility index (Phi) is 4.49. The van der Waals surface area contributed by atoms with Crippen LogP contribution < -0.4 is 5.32 Å². The molecule has 0 saturated carbocycles. The van der Waals surface area contributed by atoms with Gasteiger partial charge in [0.2, 0.25) is 5.91 Å². The minimum absolute atomic E-state index is 0.165. The van der Waals surface area contributed by atoms with Gasteiger partial charge in [0.15, 0.2) is 0 Å². The lowest BCUT2D eigenvalue weighted by Gasteiger charge is -2.07. The Morgan fingerprint density at radius 2 is 2.12 bits per heavy atom. The molecule has 0 aromatic heterocycles. The van der Waals surface area contributed by atoms with Crippen molar-refractivity contribution in [3.05, 3.63) is 29.8 Å². The molecule has 16 heavy (non-hydrogen) atoms. The lowest BCUT2D eigenvalue weighted by Crippen LogP contribution is -2.20. The number of amides is 1. The number of methoxy groups -OCH3 is 1. The van der Waals surface area contributed by atoms with Crippen molar-refractivity contribution in [3.8, 4) is 0 Å². The van der Waals surface area contributed by atoms with Crippen LogP contribution in [-0.2, 0) is 9.53 Å². The van der Waals surface area contributed by atoms with E-state index in [-0.39, 0.29) is 10.7 Å². The molecule has 0 aliphatic heterocycles. The van der Waals surface area contributed by atoms with Crippen LogP contribution in [0.15, 0.2) is 24.3 Å². The number of carbonyl (C=O) groups is 2. The maximum Gasteiger partial charge on any atom is 0.337 e. The second-order valence-corrected chi connectivity index (χ2v) is 4.55. The molecule has 1 amide bonds. The number of alkyl halides is 1. The van der Waals surface area contributed by atoms with E-state index in [0.717, 1.165) is 0 Å². The first-order chi connectivity index (χ1) is 7.54. The van der Waals surface area contributed by atoms with Crippen LogP contribution in [0.25, 0.3) is 0 Å². The lowest BCUT2D eigenvalue weighted by atomic mass is 10.2. The van der Waals surface area contributed by atoms with Gasteiger partial charge in [0.05, 0.1) is 17.5 Å². The van der Waals surface area contributed by atoms with E-state index in [2.05, 4.69) is 26.0 Å². The monoisotopic (exact) mass is 285 g/mol. The Morgan fingerprint density at radius 3 is 2.69 bits per heavy atom. The van der Waals surface area contributed by atoms with E-state index < -0.39 is 5.97 Å². The quantitative estimate of drug-likeness (QED) is 0.684. The predicted molar refractivity (Wildman–Crippen MR) is 64.8 cm³/mol. The second-order valence-electron chi connectivity index (χ2n) is 3.18. The largest absolute Gasteiger partial charge is 0.465 e. The van der Waals surface area contributed by atoms with Crippen LogP contribution in [0.2, 0.25) is 0 Å². The number of hydrogen-bond donors (Lipinski definition) is 1. The van der Waals surface area contributed by atoms with Crippen LogP contribution in [-0.4, -0.2) is 23.8 Å². The zero-order valence-electron chi connectivity index (χ0n) is 8.99. The summed E-state index contributed by atoms with van der Waals surface area (Å²) >= 11 is 3.15. The Hall–Kier alpha value is -1.36. The van der Waals surface area contributed by atoms with Gasteiger partial charge in [-0.1, -0.05) is 22.0 Å². The molecule has 86 valence electrons. The van der Waals surface area contributed by atoms with Gasteiger partial charge in [0.1, 0.15) is 0 Å². The Balaban J connectivity index is 2.83. The number of rotatable bonds is 3. The highest BCUT2D eigenvalue weighted by Crippen LogP contribution is 2.12. The van der Waals surface area contributed by atoms with Gasteiger partial charge in [0, 0.05) is 5.69 Å². The number of esters is 1. The van der Waals surface area contributed by atoms with E-state index in [1.54, 1.807) is 31.2 Å². The highest BCUT2D eigenvalue weighted by Gasteiger charge is 2.10. The van der Waals surface area contributed by atoms with Gasteiger partial charge in [-0.25, -0.2) is 4.79 Å². The summed E-state index contributed by atoms with van der Waals surface area (Å²) < 4.78 is 4.58. The second kappa shape index (κ2) is 5.65. The fraction of sp³-hybridized carbons (Fsp3) is 0.273. The zero-order valence-corrected chi connectivity index (χ0v) is 10.6. The van der Waals surface area contributed by atoms with Crippen molar-refractivity contribution in [2.24, 2.45) is 0 Å². The average Bonchev–Trinajstić information content (AvgIpc) is 2.28. The number of nitrogens with one attached hydrogen (secondary N) is 1. The maximum atomic E-state index is 11.4. The molecule has 0 aliphatic rings. The Bertz CT molecular complexity index is 404. The molecule has 4 nitrogen and oxygen atoms in total. The summed E-state index contributed by atoms with van der Waals surface area (Å²) in [5, 5.41) is 2.67. The Morgan fingerprint density at radius 1 is 1.44 bits per heavy atom. The summed E-state index contributed by atoms with van der Waals surface area (Å²) in [7, 11) is 1.31. The lowest BCUT2D eigenvalue weighted by molar-refractivity contribution is -0.115. The standard InChI is InChI=1S/C11H12BrNO3/c1-7(12)10(14)13-9-5-3-4-8(6-9)11(15)16-2/h3-7H,1-2H3,(H,13,14)/t7-/m0/s1. The van der Waals surface area contributed by atoms with Crippen LogP contribution in [0.4, 0.5) is 5.69 Å². The molecule has 0 fully saturated rings. The summed E-state index contributed by atoms with van der Waals surface area (Å²) in [5.74, 6) is -0.593. The van der Waals surface area contributed by atoms with Crippen molar-refractivity contribution >= 4 is 33.5 Å². The van der Waals surface area contributed by atoms with E-state index in [4.69, 9.17) is 0 Å². The molecule has 0 radical (unpaired) electrons. The molecular weight excluding hydrogens is 274 g/mol. The number of anilines is 1. The van der Waals surface area contributed by atoms with Gasteiger partial charge in [-0.05, 0) is 25.1 Å². The van der Waals surface area contributed by atoms with E-state index >= 15 is 0 Å². The van der Waals surface area contributed by atoms with Crippen LogP contribution >= 0.6 is 15.9 Å².